The first kappa shape index (κ1) is 27.1. The highest BCUT2D eigenvalue weighted by atomic mass is 19.1. The second-order valence-corrected chi connectivity index (χ2v) is 11.2. The average molecular weight is 510 g/mol. The summed E-state index contributed by atoms with van der Waals surface area (Å²) in [6.45, 7) is 6.41. The number of hydrogen-bond donors (Lipinski definition) is 4. The lowest BCUT2D eigenvalue weighted by Gasteiger charge is -2.47. The quantitative estimate of drug-likeness (QED) is 0.385. The first-order valence-electron chi connectivity index (χ1n) is 13.2. The van der Waals surface area contributed by atoms with Crippen LogP contribution >= 0.6 is 0 Å². The number of halogens is 2. The van der Waals surface area contributed by atoms with E-state index in [9.17, 15) is 14.0 Å². The molecule has 3 fully saturated rings. The Hall–Kier alpha value is -1.95. The summed E-state index contributed by atoms with van der Waals surface area (Å²) < 4.78 is 29.5. The van der Waals surface area contributed by atoms with Crippen LogP contribution in [0.1, 0.15) is 46.0 Å². The van der Waals surface area contributed by atoms with Gasteiger partial charge in [-0.15, -0.1) is 0 Å². The molecule has 0 radical (unpaired) electrons. The summed E-state index contributed by atoms with van der Waals surface area (Å²) >= 11 is 0. The predicted molar refractivity (Wildman–Crippen MR) is 135 cm³/mol. The number of nitrogens with zero attached hydrogens (tertiary/aromatic N) is 3. The van der Waals surface area contributed by atoms with E-state index in [0.29, 0.717) is 45.4 Å². The van der Waals surface area contributed by atoms with Crippen molar-refractivity contribution in [2.75, 3.05) is 32.7 Å². The molecule has 0 bridgehead atoms. The number of amides is 2. The van der Waals surface area contributed by atoms with Gasteiger partial charge in [-0.25, -0.2) is 8.78 Å². The molecular weight excluding hydrogens is 468 g/mol. The topological polar surface area (TPSA) is 129 Å². The van der Waals surface area contributed by atoms with Gasteiger partial charge in [-0.3, -0.25) is 19.5 Å². The van der Waals surface area contributed by atoms with Crippen molar-refractivity contribution in [3.8, 4) is 0 Å². The summed E-state index contributed by atoms with van der Waals surface area (Å²) in [5, 5.41) is 6.11. The number of fused-ring (bicyclic) bond motifs is 1. The Labute approximate surface area is 212 Å². The molecule has 3 saturated heterocycles. The molecule has 0 aromatic heterocycles. The van der Waals surface area contributed by atoms with E-state index in [1.807, 2.05) is 18.7 Å². The van der Waals surface area contributed by atoms with E-state index in [4.69, 9.17) is 11.5 Å². The van der Waals surface area contributed by atoms with Crippen LogP contribution in [0.15, 0.2) is 16.9 Å². The summed E-state index contributed by atoms with van der Waals surface area (Å²) in [7, 11) is 0. The number of aliphatic imine (C=N–C) groups is 1. The van der Waals surface area contributed by atoms with Crippen LogP contribution in [0.25, 0.3) is 0 Å². The van der Waals surface area contributed by atoms with Gasteiger partial charge in [-0.1, -0.05) is 20.3 Å². The Morgan fingerprint density at radius 2 is 2.14 bits per heavy atom. The van der Waals surface area contributed by atoms with Crippen molar-refractivity contribution in [2.45, 2.75) is 82.5 Å². The van der Waals surface area contributed by atoms with Crippen molar-refractivity contribution >= 4 is 18.0 Å². The van der Waals surface area contributed by atoms with Gasteiger partial charge < -0.3 is 27.0 Å². The number of rotatable bonds is 6. The number of hydrogen-bond acceptors (Lipinski definition) is 7. The molecule has 7 unspecified atom stereocenters. The Kier molecular flexibility index (Phi) is 8.43. The minimum atomic E-state index is -1.18. The van der Waals surface area contributed by atoms with Gasteiger partial charge in [0.1, 0.15) is 12.0 Å². The van der Waals surface area contributed by atoms with Crippen LogP contribution in [0.3, 0.4) is 0 Å². The van der Waals surface area contributed by atoms with Crippen molar-refractivity contribution in [1.29, 1.82) is 0 Å². The van der Waals surface area contributed by atoms with E-state index in [1.165, 1.54) is 6.08 Å². The number of allylic oxidation sites excluding steroid dienone is 2. The van der Waals surface area contributed by atoms with E-state index in [-0.39, 0.29) is 23.9 Å². The maximum atomic E-state index is 15.3. The van der Waals surface area contributed by atoms with Crippen LogP contribution in [0.4, 0.5) is 8.78 Å². The first-order chi connectivity index (χ1) is 17.1. The molecule has 0 aliphatic carbocycles. The lowest BCUT2D eigenvalue weighted by Crippen LogP contribution is -2.69. The Bertz CT molecular complexity index is 884. The van der Waals surface area contributed by atoms with Crippen LogP contribution in [-0.4, -0.2) is 97.1 Å². The molecule has 9 nitrogen and oxygen atoms in total. The number of nitrogens with one attached hydrogen (secondary N) is 2. The molecular formula is C25H41F2N7O2. The molecule has 4 aliphatic heterocycles. The minimum absolute atomic E-state index is 0.0915. The van der Waals surface area contributed by atoms with E-state index in [2.05, 4.69) is 20.5 Å². The highest BCUT2D eigenvalue weighted by Gasteiger charge is 2.45. The van der Waals surface area contributed by atoms with Gasteiger partial charge in [0.2, 0.25) is 11.8 Å². The summed E-state index contributed by atoms with van der Waals surface area (Å²) in [5.74, 6) is -1.55. The van der Waals surface area contributed by atoms with Crippen LogP contribution in [0, 0.1) is 11.3 Å². The molecule has 4 aliphatic rings. The van der Waals surface area contributed by atoms with Gasteiger partial charge in [0, 0.05) is 45.2 Å². The van der Waals surface area contributed by atoms with Gasteiger partial charge >= 0.3 is 0 Å². The summed E-state index contributed by atoms with van der Waals surface area (Å²) in [5.41, 5.74) is 11.9. The van der Waals surface area contributed by atoms with Crippen LogP contribution < -0.4 is 22.1 Å². The smallest absolute Gasteiger partial charge is 0.228 e. The van der Waals surface area contributed by atoms with Crippen LogP contribution in [-0.2, 0) is 9.59 Å². The Morgan fingerprint density at radius 1 is 1.36 bits per heavy atom. The number of carbonyl (C=O) groups excluding carboxylic acids is 2. The summed E-state index contributed by atoms with van der Waals surface area (Å²) in [6.07, 6.45) is 3.63. The Morgan fingerprint density at radius 3 is 2.86 bits per heavy atom. The molecule has 0 saturated carbocycles. The molecule has 0 aromatic rings. The van der Waals surface area contributed by atoms with Crippen molar-refractivity contribution in [3.05, 3.63) is 11.9 Å². The molecule has 6 N–H and O–H groups in total. The minimum Gasteiger partial charge on any atom is -0.350 e. The zero-order valence-corrected chi connectivity index (χ0v) is 21.3. The van der Waals surface area contributed by atoms with Crippen LogP contribution in [0.2, 0.25) is 0 Å². The average Bonchev–Trinajstić information content (AvgIpc) is 3.20. The maximum Gasteiger partial charge on any atom is 0.228 e. The highest BCUT2D eigenvalue weighted by molar-refractivity contribution is 5.82. The monoisotopic (exact) mass is 509 g/mol. The SMILES string of the molecule is CCC1(C)C/C=C(F)\C=N/C(C(C(=O)NC2CNCC(F)C2N2CCN3C(=O)CCC3C2)C(N)N)C1. The summed E-state index contributed by atoms with van der Waals surface area (Å²) in [6, 6.07) is -1.53. The number of piperazine rings is 1. The van der Waals surface area contributed by atoms with Crippen molar-refractivity contribution in [3.63, 3.8) is 0 Å². The number of alkyl halides is 1. The largest absolute Gasteiger partial charge is 0.350 e. The number of piperidine rings is 1. The van der Waals surface area contributed by atoms with E-state index < -0.39 is 48.1 Å². The lowest BCUT2D eigenvalue weighted by molar-refractivity contribution is -0.131. The van der Waals surface area contributed by atoms with E-state index in [0.717, 1.165) is 19.1 Å². The molecule has 4 heterocycles. The first-order valence-corrected chi connectivity index (χ1v) is 13.2. The lowest BCUT2D eigenvalue weighted by atomic mass is 9.74. The third kappa shape index (κ3) is 5.79. The molecule has 202 valence electrons. The molecule has 4 rings (SSSR count). The fraction of sp³-hybridized carbons (Fsp3) is 0.800. The second-order valence-electron chi connectivity index (χ2n) is 11.2. The number of nitrogens with two attached hydrogens (primary N) is 2. The highest BCUT2D eigenvalue weighted by Crippen LogP contribution is 2.37. The third-order valence-corrected chi connectivity index (χ3v) is 8.63. The van der Waals surface area contributed by atoms with E-state index >= 15 is 4.39 Å². The standard InChI is InChI=1S/C25H41F2N7O2/c1-3-25(2)7-6-15(26)11-31-18(10-25)21(23(28)29)24(36)32-19-13-30-12-17(27)22(19)33-8-9-34-16(14-33)4-5-20(34)35/h6,11,16-19,21-23,30H,3-5,7-10,12-14,28-29H2,1-2H3,(H,32,36)/b15-6+,31-11-. The van der Waals surface area contributed by atoms with Gasteiger partial charge in [0.15, 0.2) is 0 Å². The predicted octanol–water partition coefficient (Wildman–Crippen LogP) is 0.450. The van der Waals surface area contributed by atoms with Crippen molar-refractivity contribution in [2.24, 2.45) is 27.8 Å². The third-order valence-electron chi connectivity index (χ3n) is 8.63. The molecule has 11 heteroatoms. The molecule has 0 spiro atoms. The molecule has 2 amide bonds. The zero-order valence-electron chi connectivity index (χ0n) is 21.3. The molecule has 7 atom stereocenters. The fourth-order valence-corrected chi connectivity index (χ4v) is 6.25. The van der Waals surface area contributed by atoms with Crippen molar-refractivity contribution < 1.29 is 18.4 Å². The fourth-order valence-electron chi connectivity index (χ4n) is 6.25. The van der Waals surface area contributed by atoms with Gasteiger partial charge in [0.05, 0.1) is 36.4 Å². The maximum absolute atomic E-state index is 15.3. The normalized spacial score (nSPS) is 39.1. The van der Waals surface area contributed by atoms with E-state index in [1.54, 1.807) is 0 Å². The Balaban J connectivity index is 1.51. The molecule has 0 aromatic carbocycles. The molecule has 36 heavy (non-hydrogen) atoms. The summed E-state index contributed by atoms with van der Waals surface area (Å²) in [4.78, 5) is 34.1. The van der Waals surface area contributed by atoms with Gasteiger partial charge in [-0.05, 0) is 30.8 Å². The van der Waals surface area contributed by atoms with Gasteiger partial charge in [0.25, 0.3) is 0 Å². The number of carbonyl (C=O) groups is 2. The second kappa shape index (κ2) is 11.2. The van der Waals surface area contributed by atoms with Crippen LogP contribution in [0.5, 0.6) is 0 Å². The van der Waals surface area contributed by atoms with Gasteiger partial charge in [-0.2, -0.15) is 0 Å². The van der Waals surface area contributed by atoms with Crippen molar-refractivity contribution in [1.82, 2.24) is 20.4 Å². The zero-order chi connectivity index (χ0) is 26.0.